The molecule has 2 rings (SSSR count). The Labute approximate surface area is 170 Å². The number of hydrogen-bond acceptors (Lipinski definition) is 3. The van der Waals surface area contributed by atoms with E-state index in [0.717, 1.165) is 49.6 Å². The van der Waals surface area contributed by atoms with Crippen molar-refractivity contribution < 1.29 is 4.79 Å². The number of aliphatic imine (C=N–C) groups is 1. The maximum absolute atomic E-state index is 12.1. The molecular weight excluding hydrogens is 350 g/mol. The Kier molecular flexibility index (Phi) is 9.83. The molecule has 0 aromatic heterocycles. The van der Waals surface area contributed by atoms with Crippen LogP contribution in [-0.2, 0) is 6.42 Å². The van der Waals surface area contributed by atoms with Crippen molar-refractivity contribution in [2.24, 2.45) is 4.99 Å². The summed E-state index contributed by atoms with van der Waals surface area (Å²) in [5.74, 6) is 0.919. The number of nitrogens with zero attached hydrogens (tertiary/aromatic N) is 3. The van der Waals surface area contributed by atoms with Crippen LogP contribution < -0.4 is 10.6 Å². The molecule has 0 atom stereocenters. The number of carbonyl (C=O) groups excluding carboxylic acids is 1. The van der Waals surface area contributed by atoms with Gasteiger partial charge in [-0.1, -0.05) is 12.1 Å². The van der Waals surface area contributed by atoms with E-state index in [2.05, 4.69) is 28.5 Å². The molecule has 1 aliphatic rings. The molecule has 1 saturated heterocycles. The zero-order valence-electron chi connectivity index (χ0n) is 17.8. The van der Waals surface area contributed by atoms with Crippen LogP contribution in [0.5, 0.6) is 0 Å². The summed E-state index contributed by atoms with van der Waals surface area (Å²) in [7, 11) is 3.56. The Hall–Kier alpha value is -2.08. The molecule has 1 heterocycles. The van der Waals surface area contributed by atoms with Crippen molar-refractivity contribution in [3.63, 3.8) is 0 Å². The fourth-order valence-electron chi connectivity index (χ4n) is 3.43. The zero-order chi connectivity index (χ0) is 20.2. The third-order valence-electron chi connectivity index (χ3n) is 4.98. The monoisotopic (exact) mass is 387 g/mol. The molecule has 1 aromatic rings. The van der Waals surface area contributed by atoms with Gasteiger partial charge in [-0.25, -0.2) is 0 Å². The van der Waals surface area contributed by atoms with Crippen LogP contribution in [0.1, 0.15) is 48.5 Å². The SMILES string of the molecule is CCNC(=NCCCCN1CCCC1)NCCc1cccc(C(=O)N(C)C)c1. The first kappa shape index (κ1) is 22.2. The van der Waals surface area contributed by atoms with Gasteiger partial charge in [0, 0.05) is 39.3 Å². The first-order valence-electron chi connectivity index (χ1n) is 10.6. The molecule has 1 aromatic carbocycles. The van der Waals surface area contributed by atoms with Crippen molar-refractivity contribution in [1.29, 1.82) is 0 Å². The number of guanidine groups is 1. The van der Waals surface area contributed by atoms with Gasteiger partial charge in [-0.15, -0.1) is 0 Å². The average molecular weight is 388 g/mol. The van der Waals surface area contributed by atoms with Crippen molar-refractivity contribution in [3.05, 3.63) is 35.4 Å². The molecule has 1 aliphatic heterocycles. The highest BCUT2D eigenvalue weighted by Gasteiger charge is 2.10. The first-order valence-corrected chi connectivity index (χ1v) is 10.6. The number of unbranched alkanes of at least 4 members (excludes halogenated alkanes) is 1. The van der Waals surface area contributed by atoms with Crippen LogP contribution in [0, 0.1) is 0 Å². The van der Waals surface area contributed by atoms with Gasteiger partial charge in [-0.3, -0.25) is 9.79 Å². The Morgan fingerprint density at radius 2 is 1.96 bits per heavy atom. The van der Waals surface area contributed by atoms with E-state index >= 15 is 0 Å². The number of amides is 1. The number of likely N-dealkylation sites (tertiary alicyclic amines) is 1. The molecule has 0 spiro atoms. The van der Waals surface area contributed by atoms with Gasteiger partial charge >= 0.3 is 0 Å². The lowest BCUT2D eigenvalue weighted by atomic mass is 10.1. The quantitative estimate of drug-likeness (QED) is 0.368. The van der Waals surface area contributed by atoms with Gasteiger partial charge in [0.2, 0.25) is 0 Å². The highest BCUT2D eigenvalue weighted by atomic mass is 16.2. The Bertz CT molecular complexity index is 623. The molecule has 0 radical (unpaired) electrons. The van der Waals surface area contributed by atoms with Gasteiger partial charge in [0.25, 0.3) is 5.91 Å². The fourth-order valence-corrected chi connectivity index (χ4v) is 3.43. The lowest BCUT2D eigenvalue weighted by Gasteiger charge is -2.14. The first-order chi connectivity index (χ1) is 13.6. The van der Waals surface area contributed by atoms with E-state index in [4.69, 9.17) is 4.99 Å². The molecule has 2 N–H and O–H groups in total. The van der Waals surface area contributed by atoms with Gasteiger partial charge in [-0.05, 0) is 76.4 Å². The molecule has 6 nitrogen and oxygen atoms in total. The average Bonchev–Trinajstić information content (AvgIpc) is 3.20. The molecule has 0 aliphatic carbocycles. The number of benzene rings is 1. The van der Waals surface area contributed by atoms with Crippen molar-refractivity contribution >= 4 is 11.9 Å². The van der Waals surface area contributed by atoms with E-state index in [-0.39, 0.29) is 5.91 Å². The maximum atomic E-state index is 12.1. The van der Waals surface area contributed by atoms with Gasteiger partial charge in [0.15, 0.2) is 5.96 Å². The summed E-state index contributed by atoms with van der Waals surface area (Å²) >= 11 is 0. The predicted octanol–water partition coefficient (Wildman–Crippen LogP) is 2.36. The minimum absolute atomic E-state index is 0.0404. The molecule has 1 fully saturated rings. The summed E-state index contributed by atoms with van der Waals surface area (Å²) in [6.45, 7) is 8.34. The van der Waals surface area contributed by atoms with E-state index in [1.807, 2.05) is 18.2 Å². The molecule has 6 heteroatoms. The second-order valence-electron chi connectivity index (χ2n) is 7.59. The molecule has 0 bridgehead atoms. The van der Waals surface area contributed by atoms with Crippen LogP contribution in [0.3, 0.4) is 0 Å². The summed E-state index contributed by atoms with van der Waals surface area (Å²) in [5.41, 5.74) is 1.89. The summed E-state index contributed by atoms with van der Waals surface area (Å²) in [6, 6.07) is 7.86. The van der Waals surface area contributed by atoms with Gasteiger partial charge in [-0.2, -0.15) is 0 Å². The highest BCUT2D eigenvalue weighted by Crippen LogP contribution is 2.09. The van der Waals surface area contributed by atoms with Crippen LogP contribution >= 0.6 is 0 Å². The van der Waals surface area contributed by atoms with E-state index < -0.39 is 0 Å². The third kappa shape index (κ3) is 7.89. The standard InChI is InChI=1S/C22H37N5O/c1-4-23-22(24-13-5-6-15-27-16-7-8-17-27)25-14-12-19-10-9-11-20(18-19)21(28)26(2)3/h9-11,18H,4-8,12-17H2,1-3H3,(H2,23,24,25). The number of rotatable bonds is 10. The third-order valence-corrected chi connectivity index (χ3v) is 4.98. The second-order valence-corrected chi connectivity index (χ2v) is 7.59. The van der Waals surface area contributed by atoms with E-state index in [0.29, 0.717) is 0 Å². The molecule has 0 unspecified atom stereocenters. The minimum Gasteiger partial charge on any atom is -0.357 e. The Balaban J connectivity index is 1.73. The Morgan fingerprint density at radius 1 is 1.18 bits per heavy atom. The van der Waals surface area contributed by atoms with Crippen LogP contribution in [0.25, 0.3) is 0 Å². The smallest absolute Gasteiger partial charge is 0.253 e. The lowest BCUT2D eigenvalue weighted by Crippen LogP contribution is -2.38. The molecule has 28 heavy (non-hydrogen) atoms. The Morgan fingerprint density at radius 3 is 2.68 bits per heavy atom. The topological polar surface area (TPSA) is 60.0 Å². The highest BCUT2D eigenvalue weighted by molar-refractivity contribution is 5.94. The normalized spacial score (nSPS) is 14.9. The number of hydrogen-bond donors (Lipinski definition) is 2. The summed E-state index contributed by atoms with van der Waals surface area (Å²) < 4.78 is 0. The van der Waals surface area contributed by atoms with Crippen molar-refractivity contribution in [2.75, 3.05) is 53.4 Å². The molecular formula is C22H37N5O. The number of carbonyl (C=O) groups is 1. The van der Waals surface area contributed by atoms with Crippen LogP contribution in [-0.4, -0.2) is 75.0 Å². The summed E-state index contributed by atoms with van der Waals surface area (Å²) in [4.78, 5) is 21.0. The van der Waals surface area contributed by atoms with Crippen LogP contribution in [0.4, 0.5) is 0 Å². The minimum atomic E-state index is 0.0404. The maximum Gasteiger partial charge on any atom is 0.253 e. The van der Waals surface area contributed by atoms with Crippen LogP contribution in [0.15, 0.2) is 29.3 Å². The van der Waals surface area contributed by atoms with Crippen molar-refractivity contribution in [1.82, 2.24) is 20.4 Å². The zero-order valence-corrected chi connectivity index (χ0v) is 17.8. The number of nitrogens with one attached hydrogen (secondary N) is 2. The molecule has 1 amide bonds. The van der Waals surface area contributed by atoms with Gasteiger partial charge in [0.05, 0.1) is 0 Å². The molecule has 0 saturated carbocycles. The summed E-state index contributed by atoms with van der Waals surface area (Å²) in [6.07, 6.45) is 5.92. The van der Waals surface area contributed by atoms with Gasteiger partial charge < -0.3 is 20.4 Å². The molecule has 156 valence electrons. The van der Waals surface area contributed by atoms with E-state index in [1.165, 1.54) is 38.9 Å². The van der Waals surface area contributed by atoms with E-state index in [1.54, 1.807) is 19.0 Å². The van der Waals surface area contributed by atoms with Crippen molar-refractivity contribution in [3.8, 4) is 0 Å². The largest absolute Gasteiger partial charge is 0.357 e. The second kappa shape index (κ2) is 12.4. The van der Waals surface area contributed by atoms with Crippen LogP contribution in [0.2, 0.25) is 0 Å². The predicted molar refractivity (Wildman–Crippen MR) is 117 cm³/mol. The lowest BCUT2D eigenvalue weighted by molar-refractivity contribution is 0.0827. The fraction of sp³-hybridized carbons (Fsp3) is 0.636. The van der Waals surface area contributed by atoms with E-state index in [9.17, 15) is 4.79 Å². The van der Waals surface area contributed by atoms with Crippen molar-refractivity contribution in [2.45, 2.75) is 39.0 Å². The summed E-state index contributed by atoms with van der Waals surface area (Å²) in [5, 5.41) is 6.72. The van der Waals surface area contributed by atoms with Gasteiger partial charge in [0.1, 0.15) is 0 Å².